The highest BCUT2D eigenvalue weighted by Gasteiger charge is 2.24. The minimum Gasteiger partial charge on any atom is -0.488 e. The Labute approximate surface area is 138 Å². The molecule has 1 aliphatic rings. The molecule has 0 aromatic heterocycles. The van der Waals surface area contributed by atoms with Crippen LogP contribution >= 0.6 is 15.9 Å². The van der Waals surface area contributed by atoms with E-state index >= 15 is 0 Å². The van der Waals surface area contributed by atoms with Crippen LogP contribution in [0, 0.1) is 0 Å². The smallest absolute Gasteiger partial charge is 0.321 e. The van der Waals surface area contributed by atoms with Crippen LogP contribution in [0.2, 0.25) is 0 Å². The summed E-state index contributed by atoms with van der Waals surface area (Å²) in [6.45, 7) is 1.42. The number of hydrogen-bond donors (Lipinski definition) is 3. The first kappa shape index (κ1) is 16.8. The molecule has 22 heavy (non-hydrogen) atoms. The van der Waals surface area contributed by atoms with Crippen molar-refractivity contribution in [2.24, 2.45) is 0 Å². The fourth-order valence-electron chi connectivity index (χ4n) is 1.86. The van der Waals surface area contributed by atoms with E-state index in [2.05, 4.69) is 26.6 Å². The highest BCUT2D eigenvalue weighted by molar-refractivity contribution is 9.10. The number of hydrogen-bond acceptors (Lipinski definition) is 3. The molecule has 3 amide bonds. The molecule has 0 saturated heterocycles. The van der Waals surface area contributed by atoms with E-state index in [9.17, 15) is 9.59 Å². The van der Waals surface area contributed by atoms with E-state index in [4.69, 9.17) is 4.74 Å². The number of rotatable bonds is 7. The molecule has 6 nitrogen and oxygen atoms in total. The van der Waals surface area contributed by atoms with Crippen molar-refractivity contribution in [1.82, 2.24) is 10.6 Å². The number of carbonyl (C=O) groups excluding carboxylic acids is 2. The SMILES string of the molecule is C[NH+](CCOc1ccc(Br)cc1)CC(=O)NC(=O)NC1CC1. The van der Waals surface area contributed by atoms with Gasteiger partial charge in [0, 0.05) is 10.5 Å². The third kappa shape index (κ3) is 6.44. The average molecular weight is 371 g/mol. The molecule has 0 aliphatic heterocycles. The number of likely N-dealkylation sites (N-methyl/N-ethyl adjacent to an activating group) is 1. The van der Waals surface area contributed by atoms with Crippen LogP contribution in [0.1, 0.15) is 12.8 Å². The van der Waals surface area contributed by atoms with Gasteiger partial charge in [0.05, 0.1) is 7.05 Å². The molecule has 3 N–H and O–H groups in total. The number of imide groups is 1. The number of halogens is 1. The Hall–Kier alpha value is -1.60. The maximum atomic E-state index is 11.7. The second kappa shape index (κ2) is 8.14. The van der Waals surface area contributed by atoms with Crippen molar-refractivity contribution >= 4 is 27.9 Å². The molecule has 1 aromatic carbocycles. The fourth-order valence-corrected chi connectivity index (χ4v) is 2.12. The zero-order chi connectivity index (χ0) is 15.9. The maximum Gasteiger partial charge on any atom is 0.321 e. The van der Waals surface area contributed by atoms with Crippen molar-refractivity contribution < 1.29 is 19.2 Å². The molecule has 1 aromatic rings. The van der Waals surface area contributed by atoms with Crippen molar-refractivity contribution in [1.29, 1.82) is 0 Å². The summed E-state index contributed by atoms with van der Waals surface area (Å²) in [5, 5.41) is 5.06. The third-order valence-corrected chi connectivity index (χ3v) is 3.77. The number of quaternary nitrogens is 1. The lowest BCUT2D eigenvalue weighted by Gasteiger charge is -2.14. The minimum absolute atomic E-state index is 0.238. The van der Waals surface area contributed by atoms with Gasteiger partial charge in [0.15, 0.2) is 6.54 Å². The number of benzene rings is 1. The van der Waals surface area contributed by atoms with Gasteiger partial charge in [0.25, 0.3) is 5.91 Å². The van der Waals surface area contributed by atoms with Gasteiger partial charge in [-0.3, -0.25) is 10.1 Å². The quantitative estimate of drug-likeness (QED) is 0.647. The first-order valence-electron chi connectivity index (χ1n) is 7.33. The van der Waals surface area contributed by atoms with Crippen LogP contribution < -0.4 is 20.3 Å². The first-order valence-corrected chi connectivity index (χ1v) is 8.12. The Morgan fingerprint density at radius 2 is 2.00 bits per heavy atom. The fraction of sp³-hybridized carbons (Fsp3) is 0.467. The Balaban J connectivity index is 1.60. The van der Waals surface area contributed by atoms with Crippen LogP contribution in [0.15, 0.2) is 28.7 Å². The summed E-state index contributed by atoms with van der Waals surface area (Å²) >= 11 is 3.37. The van der Waals surface area contributed by atoms with Crippen molar-refractivity contribution in [2.45, 2.75) is 18.9 Å². The van der Waals surface area contributed by atoms with Gasteiger partial charge in [-0.2, -0.15) is 0 Å². The second-order valence-corrected chi connectivity index (χ2v) is 6.40. The molecule has 0 radical (unpaired) electrons. The summed E-state index contributed by atoms with van der Waals surface area (Å²) in [4.78, 5) is 24.1. The summed E-state index contributed by atoms with van der Waals surface area (Å²) in [6, 6.07) is 7.45. The third-order valence-electron chi connectivity index (χ3n) is 3.24. The van der Waals surface area contributed by atoms with Gasteiger partial charge in [-0.25, -0.2) is 4.79 Å². The summed E-state index contributed by atoms with van der Waals surface area (Å²) in [6.07, 6.45) is 2.00. The number of amides is 3. The number of carbonyl (C=O) groups is 2. The van der Waals surface area contributed by atoms with E-state index in [1.54, 1.807) is 0 Å². The van der Waals surface area contributed by atoms with Crippen molar-refractivity contribution in [2.75, 3.05) is 26.7 Å². The van der Waals surface area contributed by atoms with E-state index in [-0.39, 0.29) is 18.5 Å². The first-order chi connectivity index (χ1) is 10.5. The summed E-state index contributed by atoms with van der Waals surface area (Å²) < 4.78 is 6.61. The summed E-state index contributed by atoms with van der Waals surface area (Å²) in [7, 11) is 1.89. The van der Waals surface area contributed by atoms with E-state index in [0.29, 0.717) is 13.2 Å². The van der Waals surface area contributed by atoms with Crippen molar-refractivity contribution in [3.05, 3.63) is 28.7 Å². The van der Waals surface area contributed by atoms with E-state index in [0.717, 1.165) is 28.0 Å². The maximum absolute atomic E-state index is 11.7. The minimum atomic E-state index is -0.397. The molecule has 1 unspecified atom stereocenters. The van der Waals surface area contributed by atoms with Gasteiger partial charge in [-0.05, 0) is 37.1 Å². The van der Waals surface area contributed by atoms with Gasteiger partial charge in [0.1, 0.15) is 18.9 Å². The van der Waals surface area contributed by atoms with Crippen LogP contribution in [-0.4, -0.2) is 44.7 Å². The van der Waals surface area contributed by atoms with E-state index < -0.39 is 6.03 Å². The topological polar surface area (TPSA) is 71.9 Å². The van der Waals surface area contributed by atoms with Gasteiger partial charge < -0.3 is 15.0 Å². The lowest BCUT2D eigenvalue weighted by atomic mass is 10.3. The van der Waals surface area contributed by atoms with Crippen molar-refractivity contribution in [3.63, 3.8) is 0 Å². The molecule has 0 bridgehead atoms. The van der Waals surface area contributed by atoms with E-state index in [1.807, 2.05) is 31.3 Å². The molecule has 1 saturated carbocycles. The lowest BCUT2D eigenvalue weighted by molar-refractivity contribution is -0.871. The molecule has 120 valence electrons. The predicted octanol–water partition coefficient (Wildman–Crippen LogP) is 0.331. The second-order valence-electron chi connectivity index (χ2n) is 5.48. The molecule has 2 rings (SSSR count). The van der Waals surface area contributed by atoms with Gasteiger partial charge >= 0.3 is 6.03 Å². The summed E-state index contributed by atoms with van der Waals surface area (Å²) in [5.41, 5.74) is 0. The molecular weight excluding hydrogens is 350 g/mol. The highest BCUT2D eigenvalue weighted by atomic mass is 79.9. The molecule has 1 atom stereocenters. The molecule has 7 heteroatoms. The van der Waals surface area contributed by atoms with Crippen LogP contribution in [0.4, 0.5) is 4.79 Å². The van der Waals surface area contributed by atoms with Crippen LogP contribution in [-0.2, 0) is 4.79 Å². The van der Waals surface area contributed by atoms with Crippen molar-refractivity contribution in [3.8, 4) is 5.75 Å². The Morgan fingerprint density at radius 1 is 1.32 bits per heavy atom. The molecule has 0 heterocycles. The van der Waals surface area contributed by atoms with Gasteiger partial charge in [-0.1, -0.05) is 15.9 Å². The van der Waals surface area contributed by atoms with Crippen LogP contribution in [0.5, 0.6) is 5.75 Å². The predicted molar refractivity (Wildman–Crippen MR) is 86.0 cm³/mol. The number of ether oxygens (including phenoxy) is 1. The molecule has 1 aliphatic carbocycles. The summed E-state index contributed by atoms with van der Waals surface area (Å²) in [5.74, 6) is 0.517. The van der Waals surface area contributed by atoms with Crippen LogP contribution in [0.3, 0.4) is 0 Å². The Kier molecular flexibility index (Phi) is 6.21. The number of nitrogens with one attached hydrogen (secondary N) is 3. The zero-order valence-electron chi connectivity index (χ0n) is 12.5. The molecular formula is C15H21BrN3O3+. The molecule has 1 fully saturated rings. The normalized spacial score (nSPS) is 15.0. The van der Waals surface area contributed by atoms with Crippen LogP contribution in [0.25, 0.3) is 0 Å². The Morgan fingerprint density at radius 3 is 2.64 bits per heavy atom. The highest BCUT2D eigenvalue weighted by Crippen LogP contribution is 2.18. The Bertz CT molecular complexity index is 517. The standard InChI is InChI=1S/C15H20BrN3O3/c1-19(8-9-22-13-6-2-11(16)3-7-13)10-14(20)18-15(21)17-12-4-5-12/h2-3,6-7,12H,4-5,8-10H2,1H3,(H2,17,18,20,21)/p+1. The van der Waals surface area contributed by atoms with Gasteiger partial charge in [-0.15, -0.1) is 0 Å². The largest absolute Gasteiger partial charge is 0.488 e. The van der Waals surface area contributed by atoms with Gasteiger partial charge in [0.2, 0.25) is 0 Å². The number of urea groups is 1. The van der Waals surface area contributed by atoms with E-state index in [1.165, 1.54) is 0 Å². The molecule has 0 spiro atoms. The monoisotopic (exact) mass is 370 g/mol. The zero-order valence-corrected chi connectivity index (χ0v) is 14.1. The average Bonchev–Trinajstić information content (AvgIpc) is 3.24. The lowest BCUT2D eigenvalue weighted by Crippen LogP contribution is -3.10.